The summed E-state index contributed by atoms with van der Waals surface area (Å²) in [6, 6.07) is 7.64. The lowest BCUT2D eigenvalue weighted by Gasteiger charge is -2.17. The van der Waals surface area contributed by atoms with Crippen LogP contribution in [0.4, 0.5) is 4.39 Å². The molecule has 1 aromatic carbocycles. The maximum absolute atomic E-state index is 13.3. The van der Waals surface area contributed by atoms with Crippen LogP contribution in [0.2, 0.25) is 0 Å². The summed E-state index contributed by atoms with van der Waals surface area (Å²) >= 11 is 1.93. The Bertz CT molecular complexity index is 609. The van der Waals surface area contributed by atoms with Crippen molar-refractivity contribution >= 4 is 11.3 Å². The van der Waals surface area contributed by atoms with Crippen LogP contribution in [0.5, 0.6) is 0 Å². The van der Waals surface area contributed by atoms with Gasteiger partial charge in [0.25, 0.3) is 0 Å². The van der Waals surface area contributed by atoms with Gasteiger partial charge in [-0.2, -0.15) is 0 Å². The summed E-state index contributed by atoms with van der Waals surface area (Å²) in [5.74, 6) is -0.159. The molecule has 0 fully saturated rings. The van der Waals surface area contributed by atoms with E-state index in [-0.39, 0.29) is 11.9 Å². The molecule has 21 heavy (non-hydrogen) atoms. The van der Waals surface area contributed by atoms with Crippen LogP contribution >= 0.6 is 11.3 Å². The fourth-order valence-corrected chi connectivity index (χ4v) is 4.63. The van der Waals surface area contributed by atoms with Crippen LogP contribution in [0.1, 0.15) is 51.7 Å². The van der Waals surface area contributed by atoms with Crippen LogP contribution in [0.15, 0.2) is 24.3 Å². The highest BCUT2D eigenvalue weighted by atomic mass is 32.1. The van der Waals surface area contributed by atoms with E-state index >= 15 is 0 Å². The third-order valence-corrected chi connectivity index (χ3v) is 5.68. The van der Waals surface area contributed by atoms with Crippen molar-refractivity contribution in [3.05, 3.63) is 56.5 Å². The van der Waals surface area contributed by atoms with Gasteiger partial charge in [-0.15, -0.1) is 11.3 Å². The van der Waals surface area contributed by atoms with Crippen LogP contribution in [0.3, 0.4) is 0 Å². The molecule has 3 rings (SSSR count). The molecule has 1 aromatic heterocycles. The zero-order chi connectivity index (χ0) is 14.8. The van der Waals surface area contributed by atoms with Crippen molar-refractivity contribution in [1.82, 2.24) is 5.32 Å². The van der Waals surface area contributed by atoms with Gasteiger partial charge in [-0.25, -0.2) is 4.39 Å². The standard InChI is InChI=1S/C18H22FNS/c1-12-10-14(19)8-9-15(12)18(20-2)17-11-13-6-4-3-5-7-16(13)21-17/h8-11,18,20H,3-7H2,1-2H3. The zero-order valence-corrected chi connectivity index (χ0v) is 13.5. The van der Waals surface area contributed by atoms with Crippen molar-refractivity contribution in [2.75, 3.05) is 7.05 Å². The maximum Gasteiger partial charge on any atom is 0.123 e. The topological polar surface area (TPSA) is 12.0 Å². The van der Waals surface area contributed by atoms with Gasteiger partial charge in [0.1, 0.15) is 5.82 Å². The Kier molecular flexibility index (Phi) is 4.41. The molecule has 3 heteroatoms. The summed E-state index contributed by atoms with van der Waals surface area (Å²) in [5.41, 5.74) is 3.72. The number of benzene rings is 1. The number of fused-ring (bicyclic) bond motifs is 1. The smallest absolute Gasteiger partial charge is 0.123 e. The van der Waals surface area contributed by atoms with Gasteiger partial charge in [0.15, 0.2) is 0 Å². The molecule has 112 valence electrons. The first-order valence-corrected chi connectivity index (χ1v) is 8.55. The van der Waals surface area contributed by atoms with E-state index in [2.05, 4.69) is 11.4 Å². The molecule has 0 spiro atoms. The highest BCUT2D eigenvalue weighted by Gasteiger charge is 2.20. The predicted molar refractivity (Wildman–Crippen MR) is 87.6 cm³/mol. The summed E-state index contributed by atoms with van der Waals surface area (Å²) in [5, 5.41) is 3.41. The monoisotopic (exact) mass is 303 g/mol. The Morgan fingerprint density at radius 3 is 2.71 bits per heavy atom. The zero-order valence-electron chi connectivity index (χ0n) is 12.7. The molecule has 1 heterocycles. The predicted octanol–water partition coefficient (Wildman–Crippen LogP) is 4.77. The normalized spacial score (nSPS) is 16.3. The van der Waals surface area contributed by atoms with Crippen molar-refractivity contribution in [3.63, 3.8) is 0 Å². The van der Waals surface area contributed by atoms with Gasteiger partial charge in [-0.05, 0) is 74.5 Å². The van der Waals surface area contributed by atoms with E-state index in [1.165, 1.54) is 48.1 Å². The first-order chi connectivity index (χ1) is 10.2. The fraction of sp³-hybridized carbons (Fsp3) is 0.444. The minimum Gasteiger partial charge on any atom is -0.309 e. The average Bonchev–Trinajstić information content (AvgIpc) is 2.72. The molecule has 1 atom stereocenters. The van der Waals surface area contributed by atoms with Gasteiger partial charge in [0.05, 0.1) is 6.04 Å². The van der Waals surface area contributed by atoms with E-state index in [0.29, 0.717) is 0 Å². The van der Waals surface area contributed by atoms with Crippen molar-refractivity contribution in [3.8, 4) is 0 Å². The van der Waals surface area contributed by atoms with E-state index in [1.54, 1.807) is 17.0 Å². The lowest BCUT2D eigenvalue weighted by atomic mass is 9.99. The number of rotatable bonds is 3. The van der Waals surface area contributed by atoms with Gasteiger partial charge in [-0.3, -0.25) is 0 Å². The van der Waals surface area contributed by atoms with Crippen molar-refractivity contribution < 1.29 is 4.39 Å². The molecule has 0 bridgehead atoms. The van der Waals surface area contributed by atoms with Gasteiger partial charge >= 0.3 is 0 Å². The Balaban J connectivity index is 1.96. The summed E-state index contributed by atoms with van der Waals surface area (Å²) in [6.45, 7) is 1.99. The third kappa shape index (κ3) is 3.04. The second kappa shape index (κ2) is 6.29. The van der Waals surface area contributed by atoms with Gasteiger partial charge in [-0.1, -0.05) is 12.5 Å². The molecule has 0 aliphatic heterocycles. The second-order valence-electron chi connectivity index (χ2n) is 5.88. The Hall–Kier alpha value is -1.19. The van der Waals surface area contributed by atoms with E-state index < -0.39 is 0 Å². The summed E-state index contributed by atoms with van der Waals surface area (Å²) in [7, 11) is 1.98. The van der Waals surface area contributed by atoms with E-state index in [0.717, 1.165) is 5.56 Å². The molecule has 0 amide bonds. The molecule has 1 aliphatic carbocycles. The number of thiophene rings is 1. The van der Waals surface area contributed by atoms with E-state index in [9.17, 15) is 4.39 Å². The molecule has 0 radical (unpaired) electrons. The molecule has 0 saturated carbocycles. The molecular formula is C18H22FNS. The Morgan fingerprint density at radius 2 is 1.95 bits per heavy atom. The highest BCUT2D eigenvalue weighted by molar-refractivity contribution is 7.12. The molecular weight excluding hydrogens is 281 g/mol. The summed E-state index contributed by atoms with van der Waals surface area (Å²) < 4.78 is 13.3. The van der Waals surface area contributed by atoms with Crippen LogP contribution in [0, 0.1) is 12.7 Å². The largest absolute Gasteiger partial charge is 0.309 e. The van der Waals surface area contributed by atoms with Gasteiger partial charge < -0.3 is 5.32 Å². The number of hydrogen-bond acceptors (Lipinski definition) is 2. The van der Waals surface area contributed by atoms with Crippen LogP contribution in [0.25, 0.3) is 0 Å². The van der Waals surface area contributed by atoms with Crippen molar-refractivity contribution in [2.45, 2.75) is 45.1 Å². The van der Waals surface area contributed by atoms with Gasteiger partial charge in [0.2, 0.25) is 0 Å². The second-order valence-corrected chi connectivity index (χ2v) is 7.05. The summed E-state index contributed by atoms with van der Waals surface area (Å²) in [4.78, 5) is 2.92. The molecule has 2 aromatic rings. The van der Waals surface area contributed by atoms with Crippen LogP contribution in [-0.2, 0) is 12.8 Å². The molecule has 1 aliphatic rings. The summed E-state index contributed by atoms with van der Waals surface area (Å²) in [6.07, 6.45) is 6.41. The third-order valence-electron chi connectivity index (χ3n) is 4.38. The lowest BCUT2D eigenvalue weighted by molar-refractivity contribution is 0.622. The average molecular weight is 303 g/mol. The van der Waals surface area contributed by atoms with E-state index in [4.69, 9.17) is 0 Å². The maximum atomic E-state index is 13.3. The van der Waals surface area contributed by atoms with Crippen LogP contribution < -0.4 is 5.32 Å². The van der Waals surface area contributed by atoms with Crippen molar-refractivity contribution in [1.29, 1.82) is 0 Å². The number of hydrogen-bond donors (Lipinski definition) is 1. The highest BCUT2D eigenvalue weighted by Crippen LogP contribution is 2.35. The molecule has 1 nitrogen and oxygen atoms in total. The Morgan fingerprint density at radius 1 is 1.14 bits per heavy atom. The van der Waals surface area contributed by atoms with Gasteiger partial charge in [0, 0.05) is 9.75 Å². The SMILES string of the molecule is CNC(c1cc2c(s1)CCCCC2)c1ccc(F)cc1C. The lowest BCUT2D eigenvalue weighted by Crippen LogP contribution is -2.17. The first kappa shape index (κ1) is 14.7. The Labute approximate surface area is 130 Å². The minimum absolute atomic E-state index is 0.159. The first-order valence-electron chi connectivity index (χ1n) is 7.74. The molecule has 1 unspecified atom stereocenters. The molecule has 0 saturated heterocycles. The van der Waals surface area contributed by atoms with Crippen molar-refractivity contribution in [2.24, 2.45) is 0 Å². The minimum atomic E-state index is -0.159. The van der Waals surface area contributed by atoms with E-state index in [1.807, 2.05) is 31.4 Å². The fourth-order valence-electron chi connectivity index (χ4n) is 3.25. The van der Waals surface area contributed by atoms with Crippen LogP contribution in [-0.4, -0.2) is 7.05 Å². The quantitative estimate of drug-likeness (QED) is 0.805. The number of aryl methyl sites for hydroxylation is 3. The molecule has 1 N–H and O–H groups in total. The number of nitrogens with one attached hydrogen (secondary N) is 1. The number of halogens is 1.